The zero-order valence-electron chi connectivity index (χ0n) is 9.17. The fourth-order valence-electron chi connectivity index (χ4n) is 2.51. The molecule has 1 aliphatic carbocycles. The van der Waals surface area contributed by atoms with Crippen LogP contribution in [0.2, 0.25) is 0 Å². The number of hydrogen-bond acceptors (Lipinski definition) is 3. The highest BCUT2D eigenvalue weighted by molar-refractivity contribution is 4.97. The van der Waals surface area contributed by atoms with Gasteiger partial charge in [-0.1, -0.05) is 0 Å². The molecule has 1 aliphatic heterocycles. The SMILES string of the molecule is COCC1CCN(CC2(CN)CC2)C1. The number of nitrogens with two attached hydrogens (primary N) is 1. The van der Waals surface area contributed by atoms with Crippen molar-refractivity contribution in [1.82, 2.24) is 4.90 Å². The number of likely N-dealkylation sites (tertiary alicyclic amines) is 1. The van der Waals surface area contributed by atoms with Crippen LogP contribution >= 0.6 is 0 Å². The van der Waals surface area contributed by atoms with Crippen molar-refractivity contribution >= 4 is 0 Å². The van der Waals surface area contributed by atoms with Crippen molar-refractivity contribution in [1.29, 1.82) is 0 Å². The average molecular weight is 198 g/mol. The van der Waals surface area contributed by atoms with E-state index in [2.05, 4.69) is 4.90 Å². The lowest BCUT2D eigenvalue weighted by molar-refractivity contribution is 0.150. The van der Waals surface area contributed by atoms with Gasteiger partial charge in [-0.2, -0.15) is 0 Å². The molecule has 1 heterocycles. The van der Waals surface area contributed by atoms with Crippen LogP contribution in [0.15, 0.2) is 0 Å². The summed E-state index contributed by atoms with van der Waals surface area (Å²) in [5.41, 5.74) is 6.29. The van der Waals surface area contributed by atoms with Crippen LogP contribution in [0.4, 0.5) is 0 Å². The Kier molecular flexibility index (Phi) is 3.10. The minimum absolute atomic E-state index is 0.502. The zero-order chi connectivity index (χ0) is 10.0. The van der Waals surface area contributed by atoms with Crippen molar-refractivity contribution < 1.29 is 4.74 Å². The van der Waals surface area contributed by atoms with Gasteiger partial charge in [0.15, 0.2) is 0 Å². The highest BCUT2D eigenvalue weighted by Gasteiger charge is 2.43. The van der Waals surface area contributed by atoms with Crippen molar-refractivity contribution in [2.75, 3.05) is 39.9 Å². The van der Waals surface area contributed by atoms with E-state index >= 15 is 0 Å². The Morgan fingerprint density at radius 2 is 2.29 bits per heavy atom. The van der Waals surface area contributed by atoms with Gasteiger partial charge in [0.25, 0.3) is 0 Å². The third-order valence-corrected chi connectivity index (χ3v) is 3.72. The molecule has 0 radical (unpaired) electrons. The minimum Gasteiger partial charge on any atom is -0.384 e. The Morgan fingerprint density at radius 3 is 2.86 bits per heavy atom. The Bertz CT molecular complexity index is 192. The number of hydrogen-bond donors (Lipinski definition) is 1. The molecule has 3 heteroatoms. The molecule has 2 aliphatic rings. The largest absolute Gasteiger partial charge is 0.384 e. The summed E-state index contributed by atoms with van der Waals surface area (Å²) in [7, 11) is 1.80. The number of methoxy groups -OCH3 is 1. The summed E-state index contributed by atoms with van der Waals surface area (Å²) in [4.78, 5) is 2.57. The van der Waals surface area contributed by atoms with Gasteiger partial charge in [-0.3, -0.25) is 0 Å². The van der Waals surface area contributed by atoms with Crippen LogP contribution in [0.1, 0.15) is 19.3 Å². The van der Waals surface area contributed by atoms with E-state index in [0.29, 0.717) is 5.41 Å². The van der Waals surface area contributed by atoms with Gasteiger partial charge in [0.2, 0.25) is 0 Å². The van der Waals surface area contributed by atoms with E-state index in [1.54, 1.807) is 7.11 Å². The Balaban J connectivity index is 1.73. The molecule has 14 heavy (non-hydrogen) atoms. The highest BCUT2D eigenvalue weighted by atomic mass is 16.5. The lowest BCUT2D eigenvalue weighted by atomic mass is 10.1. The second kappa shape index (κ2) is 4.17. The molecular weight excluding hydrogens is 176 g/mol. The lowest BCUT2D eigenvalue weighted by Gasteiger charge is -2.22. The summed E-state index contributed by atoms with van der Waals surface area (Å²) in [5.74, 6) is 0.758. The first-order chi connectivity index (χ1) is 6.78. The first kappa shape index (κ1) is 10.4. The van der Waals surface area contributed by atoms with Gasteiger partial charge in [-0.05, 0) is 43.7 Å². The van der Waals surface area contributed by atoms with Crippen molar-refractivity contribution in [2.24, 2.45) is 17.1 Å². The van der Waals surface area contributed by atoms with E-state index < -0.39 is 0 Å². The summed E-state index contributed by atoms with van der Waals surface area (Å²) in [6, 6.07) is 0. The second-order valence-corrected chi connectivity index (χ2v) is 5.05. The van der Waals surface area contributed by atoms with Gasteiger partial charge >= 0.3 is 0 Å². The summed E-state index contributed by atoms with van der Waals surface area (Å²) < 4.78 is 5.19. The third-order valence-electron chi connectivity index (χ3n) is 3.72. The summed E-state index contributed by atoms with van der Waals surface area (Å²) in [6.07, 6.45) is 3.98. The van der Waals surface area contributed by atoms with Gasteiger partial charge in [-0.25, -0.2) is 0 Å². The summed E-state index contributed by atoms with van der Waals surface area (Å²) in [5, 5.41) is 0. The molecule has 1 saturated heterocycles. The summed E-state index contributed by atoms with van der Waals surface area (Å²) >= 11 is 0. The van der Waals surface area contributed by atoms with Crippen LogP contribution in [0.3, 0.4) is 0 Å². The molecule has 0 aromatic carbocycles. The van der Waals surface area contributed by atoms with Gasteiger partial charge in [0.1, 0.15) is 0 Å². The van der Waals surface area contributed by atoms with E-state index in [1.807, 2.05) is 0 Å². The standard InChI is InChI=1S/C11H22N2O/c1-14-7-10-2-5-13(6-10)9-11(8-12)3-4-11/h10H,2-9,12H2,1H3. The van der Waals surface area contributed by atoms with E-state index in [1.165, 1.54) is 38.9 Å². The normalized spacial score (nSPS) is 30.9. The van der Waals surface area contributed by atoms with Crippen molar-refractivity contribution in [3.05, 3.63) is 0 Å². The molecule has 1 saturated carbocycles. The van der Waals surface area contributed by atoms with E-state index in [9.17, 15) is 0 Å². The zero-order valence-corrected chi connectivity index (χ0v) is 9.17. The molecule has 1 atom stereocenters. The molecule has 0 bridgehead atoms. The molecule has 3 nitrogen and oxygen atoms in total. The van der Waals surface area contributed by atoms with Gasteiger partial charge in [-0.15, -0.1) is 0 Å². The predicted molar refractivity (Wildman–Crippen MR) is 57.1 cm³/mol. The van der Waals surface area contributed by atoms with Crippen LogP contribution in [0, 0.1) is 11.3 Å². The number of nitrogens with zero attached hydrogens (tertiary/aromatic N) is 1. The van der Waals surface area contributed by atoms with Gasteiger partial charge in [0, 0.05) is 20.2 Å². The molecule has 0 amide bonds. The van der Waals surface area contributed by atoms with E-state index in [4.69, 9.17) is 10.5 Å². The molecule has 82 valence electrons. The van der Waals surface area contributed by atoms with Gasteiger partial charge in [0.05, 0.1) is 6.61 Å². The van der Waals surface area contributed by atoms with E-state index in [-0.39, 0.29) is 0 Å². The number of rotatable bonds is 5. The maximum Gasteiger partial charge on any atom is 0.0503 e. The molecular formula is C11H22N2O. The van der Waals surface area contributed by atoms with Gasteiger partial charge < -0.3 is 15.4 Å². The minimum atomic E-state index is 0.502. The van der Waals surface area contributed by atoms with Crippen LogP contribution in [0.5, 0.6) is 0 Å². The van der Waals surface area contributed by atoms with Crippen molar-refractivity contribution in [2.45, 2.75) is 19.3 Å². The second-order valence-electron chi connectivity index (χ2n) is 5.05. The quantitative estimate of drug-likeness (QED) is 0.706. The molecule has 2 N–H and O–H groups in total. The summed E-state index contributed by atoms with van der Waals surface area (Å²) in [6.45, 7) is 5.49. The number of ether oxygens (including phenoxy) is 1. The average Bonchev–Trinajstić information content (AvgIpc) is 2.82. The van der Waals surface area contributed by atoms with Crippen LogP contribution in [-0.2, 0) is 4.74 Å². The van der Waals surface area contributed by atoms with Crippen molar-refractivity contribution in [3.63, 3.8) is 0 Å². The first-order valence-electron chi connectivity index (χ1n) is 5.69. The van der Waals surface area contributed by atoms with Crippen LogP contribution in [0.25, 0.3) is 0 Å². The maximum atomic E-state index is 5.79. The topological polar surface area (TPSA) is 38.5 Å². The monoisotopic (exact) mass is 198 g/mol. The predicted octanol–water partition coefficient (Wildman–Crippen LogP) is 0.694. The maximum absolute atomic E-state index is 5.79. The molecule has 1 unspecified atom stereocenters. The molecule has 0 aromatic heterocycles. The molecule has 0 aromatic rings. The Hall–Kier alpha value is -0.120. The highest BCUT2D eigenvalue weighted by Crippen LogP contribution is 2.45. The van der Waals surface area contributed by atoms with Crippen LogP contribution in [-0.4, -0.2) is 44.8 Å². The first-order valence-corrected chi connectivity index (χ1v) is 5.69. The smallest absolute Gasteiger partial charge is 0.0503 e. The Morgan fingerprint density at radius 1 is 1.50 bits per heavy atom. The lowest BCUT2D eigenvalue weighted by Crippen LogP contribution is -2.33. The third kappa shape index (κ3) is 2.27. The molecule has 0 spiro atoms. The Labute approximate surface area is 86.6 Å². The van der Waals surface area contributed by atoms with Crippen molar-refractivity contribution in [3.8, 4) is 0 Å². The molecule has 2 fully saturated rings. The molecule has 2 rings (SSSR count). The fourth-order valence-corrected chi connectivity index (χ4v) is 2.51. The fraction of sp³-hybridized carbons (Fsp3) is 1.00. The van der Waals surface area contributed by atoms with E-state index in [0.717, 1.165) is 19.1 Å². The van der Waals surface area contributed by atoms with Crippen LogP contribution < -0.4 is 5.73 Å².